The van der Waals surface area contributed by atoms with Crippen LogP contribution in [0.15, 0.2) is 53.4 Å². The Morgan fingerprint density at radius 3 is 2.28 bits per heavy atom. The first kappa shape index (κ1) is 13.8. The highest BCUT2D eigenvalue weighted by atomic mass is 35.5. The standard InChI is InChI=1S/C15H14Cl2S/c1-15(2,11-6-4-3-5-7-11)18-14-10-12(16)8-9-13(14)17/h3-10H,1-2H3. The fourth-order valence-electron chi connectivity index (χ4n) is 1.73. The highest BCUT2D eigenvalue weighted by Crippen LogP contribution is 2.43. The van der Waals surface area contributed by atoms with Crippen LogP contribution in [-0.2, 0) is 4.75 Å². The summed E-state index contributed by atoms with van der Waals surface area (Å²) in [6, 6.07) is 16.0. The number of benzene rings is 2. The fourth-order valence-corrected chi connectivity index (χ4v) is 3.35. The van der Waals surface area contributed by atoms with E-state index in [1.807, 2.05) is 24.3 Å². The SMILES string of the molecule is CC(C)(Sc1cc(Cl)ccc1Cl)c1ccccc1. The molecule has 0 bridgehead atoms. The van der Waals surface area contributed by atoms with Crippen LogP contribution in [-0.4, -0.2) is 0 Å². The van der Waals surface area contributed by atoms with Crippen LogP contribution >= 0.6 is 35.0 Å². The molecule has 0 saturated carbocycles. The van der Waals surface area contributed by atoms with E-state index in [1.54, 1.807) is 11.8 Å². The van der Waals surface area contributed by atoms with E-state index in [2.05, 4.69) is 38.1 Å². The minimum atomic E-state index is -0.0460. The van der Waals surface area contributed by atoms with Crippen molar-refractivity contribution in [3.63, 3.8) is 0 Å². The van der Waals surface area contributed by atoms with Gasteiger partial charge in [0.25, 0.3) is 0 Å². The number of hydrogen-bond donors (Lipinski definition) is 0. The Kier molecular flexibility index (Phi) is 4.26. The van der Waals surface area contributed by atoms with Gasteiger partial charge in [-0.1, -0.05) is 53.5 Å². The van der Waals surface area contributed by atoms with Crippen LogP contribution in [0.4, 0.5) is 0 Å². The first-order valence-corrected chi connectivity index (χ1v) is 7.26. The summed E-state index contributed by atoms with van der Waals surface area (Å²) in [6.45, 7) is 4.37. The largest absolute Gasteiger partial charge is 0.113 e. The molecular formula is C15H14Cl2S. The maximum atomic E-state index is 6.21. The molecule has 0 radical (unpaired) electrons. The zero-order chi connectivity index (χ0) is 13.2. The maximum Gasteiger partial charge on any atom is 0.0543 e. The van der Waals surface area contributed by atoms with Crippen LogP contribution in [0.5, 0.6) is 0 Å². The number of thioether (sulfide) groups is 1. The van der Waals surface area contributed by atoms with Crippen molar-refractivity contribution in [1.82, 2.24) is 0 Å². The third-order valence-electron chi connectivity index (χ3n) is 2.73. The quantitative estimate of drug-likeness (QED) is 0.624. The van der Waals surface area contributed by atoms with Crippen LogP contribution < -0.4 is 0 Å². The molecule has 0 unspecified atom stereocenters. The molecule has 94 valence electrons. The van der Waals surface area contributed by atoms with E-state index < -0.39 is 0 Å². The van der Waals surface area contributed by atoms with Gasteiger partial charge in [-0.15, -0.1) is 11.8 Å². The zero-order valence-electron chi connectivity index (χ0n) is 10.3. The molecule has 0 aliphatic heterocycles. The van der Waals surface area contributed by atoms with Gasteiger partial charge in [0.1, 0.15) is 0 Å². The normalized spacial score (nSPS) is 11.6. The Hall–Kier alpha value is -0.630. The van der Waals surface area contributed by atoms with E-state index in [1.165, 1.54) is 5.56 Å². The average Bonchev–Trinajstić information content (AvgIpc) is 2.35. The van der Waals surface area contributed by atoms with Crippen LogP contribution in [0.1, 0.15) is 19.4 Å². The van der Waals surface area contributed by atoms with Gasteiger partial charge in [-0.05, 0) is 37.6 Å². The fraction of sp³-hybridized carbons (Fsp3) is 0.200. The highest BCUT2D eigenvalue weighted by molar-refractivity contribution is 8.00. The van der Waals surface area contributed by atoms with Crippen LogP contribution in [0.25, 0.3) is 0 Å². The molecule has 0 amide bonds. The third-order valence-corrected chi connectivity index (χ3v) is 4.71. The van der Waals surface area contributed by atoms with Gasteiger partial charge in [0.15, 0.2) is 0 Å². The predicted molar refractivity (Wildman–Crippen MR) is 81.8 cm³/mol. The van der Waals surface area contributed by atoms with Gasteiger partial charge in [-0.25, -0.2) is 0 Å². The van der Waals surface area contributed by atoms with Crippen LogP contribution in [0.3, 0.4) is 0 Å². The molecule has 0 saturated heterocycles. The Labute approximate surface area is 122 Å². The van der Waals surface area contributed by atoms with Gasteiger partial charge < -0.3 is 0 Å². The summed E-state index contributed by atoms with van der Waals surface area (Å²) in [4.78, 5) is 1.01. The van der Waals surface area contributed by atoms with Gasteiger partial charge in [-0.3, -0.25) is 0 Å². The lowest BCUT2D eigenvalue weighted by Crippen LogP contribution is -2.11. The van der Waals surface area contributed by atoms with Crippen molar-refractivity contribution in [3.05, 3.63) is 64.1 Å². The Balaban J connectivity index is 2.30. The van der Waals surface area contributed by atoms with Crippen molar-refractivity contribution in [3.8, 4) is 0 Å². The summed E-state index contributed by atoms with van der Waals surface area (Å²) in [5.74, 6) is 0. The highest BCUT2D eigenvalue weighted by Gasteiger charge is 2.23. The van der Waals surface area contributed by atoms with Crippen molar-refractivity contribution in [2.24, 2.45) is 0 Å². The molecule has 0 atom stereocenters. The summed E-state index contributed by atoms with van der Waals surface area (Å²) in [7, 11) is 0. The van der Waals surface area contributed by atoms with E-state index in [0.29, 0.717) is 5.02 Å². The van der Waals surface area contributed by atoms with Crippen molar-refractivity contribution < 1.29 is 0 Å². The second kappa shape index (κ2) is 5.56. The second-order valence-electron chi connectivity index (χ2n) is 4.55. The Bertz CT molecular complexity index is 535. The zero-order valence-corrected chi connectivity index (χ0v) is 12.6. The molecule has 2 aromatic carbocycles. The molecule has 2 aromatic rings. The minimum Gasteiger partial charge on any atom is -0.113 e. The molecule has 3 heteroatoms. The molecule has 0 spiro atoms. The van der Waals surface area contributed by atoms with E-state index in [-0.39, 0.29) is 4.75 Å². The van der Waals surface area contributed by atoms with Crippen molar-refractivity contribution in [1.29, 1.82) is 0 Å². The first-order chi connectivity index (χ1) is 8.49. The van der Waals surface area contributed by atoms with Crippen LogP contribution in [0.2, 0.25) is 10.0 Å². The lowest BCUT2D eigenvalue weighted by molar-refractivity contribution is 0.782. The molecular weight excluding hydrogens is 283 g/mol. The van der Waals surface area contributed by atoms with E-state index in [4.69, 9.17) is 23.2 Å². The molecule has 0 nitrogen and oxygen atoms in total. The molecule has 2 rings (SSSR count). The van der Waals surface area contributed by atoms with Gasteiger partial charge in [0, 0.05) is 14.7 Å². The molecule has 0 fully saturated rings. The van der Waals surface area contributed by atoms with Crippen molar-refractivity contribution >= 4 is 35.0 Å². The van der Waals surface area contributed by atoms with E-state index in [0.717, 1.165) is 9.92 Å². The monoisotopic (exact) mass is 296 g/mol. The summed E-state index contributed by atoms with van der Waals surface area (Å²) >= 11 is 14.0. The third kappa shape index (κ3) is 3.23. The molecule has 18 heavy (non-hydrogen) atoms. The van der Waals surface area contributed by atoms with E-state index in [9.17, 15) is 0 Å². The number of hydrogen-bond acceptors (Lipinski definition) is 1. The lowest BCUT2D eigenvalue weighted by atomic mass is 10.0. The average molecular weight is 297 g/mol. The van der Waals surface area contributed by atoms with Gasteiger partial charge in [0.05, 0.1) is 5.02 Å². The predicted octanol–water partition coefficient (Wildman–Crippen LogP) is 6.02. The molecule has 0 aliphatic carbocycles. The summed E-state index contributed by atoms with van der Waals surface area (Å²) in [6.07, 6.45) is 0. The summed E-state index contributed by atoms with van der Waals surface area (Å²) in [5, 5.41) is 1.46. The van der Waals surface area contributed by atoms with Crippen molar-refractivity contribution in [2.45, 2.75) is 23.5 Å². The topological polar surface area (TPSA) is 0 Å². The molecule has 0 aromatic heterocycles. The lowest BCUT2D eigenvalue weighted by Gasteiger charge is -2.25. The summed E-state index contributed by atoms with van der Waals surface area (Å²) in [5.41, 5.74) is 1.27. The van der Waals surface area contributed by atoms with Crippen LogP contribution in [0, 0.1) is 0 Å². The molecule has 0 aliphatic rings. The number of rotatable bonds is 3. The molecule has 0 heterocycles. The van der Waals surface area contributed by atoms with E-state index >= 15 is 0 Å². The summed E-state index contributed by atoms with van der Waals surface area (Å²) < 4.78 is -0.0460. The van der Waals surface area contributed by atoms with Gasteiger partial charge in [-0.2, -0.15) is 0 Å². The maximum absolute atomic E-state index is 6.21. The second-order valence-corrected chi connectivity index (χ2v) is 7.06. The molecule has 0 N–H and O–H groups in total. The number of halogens is 2. The Morgan fingerprint density at radius 2 is 1.61 bits per heavy atom. The smallest absolute Gasteiger partial charge is 0.0543 e. The van der Waals surface area contributed by atoms with Gasteiger partial charge in [0.2, 0.25) is 0 Å². The first-order valence-electron chi connectivity index (χ1n) is 5.68. The van der Waals surface area contributed by atoms with Gasteiger partial charge >= 0.3 is 0 Å². The Morgan fingerprint density at radius 1 is 0.944 bits per heavy atom. The van der Waals surface area contributed by atoms with Crippen molar-refractivity contribution in [2.75, 3.05) is 0 Å². The minimum absolute atomic E-state index is 0.0460.